The van der Waals surface area contributed by atoms with Crippen LogP contribution in [0.25, 0.3) is 6.08 Å². The quantitative estimate of drug-likeness (QED) is 0.588. The normalized spacial score (nSPS) is 11.9. The summed E-state index contributed by atoms with van der Waals surface area (Å²) in [5, 5.41) is 8.93. The second kappa shape index (κ2) is 7.82. The van der Waals surface area contributed by atoms with Crippen molar-refractivity contribution >= 4 is 47.0 Å². The highest BCUT2D eigenvalue weighted by molar-refractivity contribution is 8.00. The van der Waals surface area contributed by atoms with Crippen molar-refractivity contribution in [1.29, 1.82) is 0 Å². The SMILES string of the molecule is O=C(O)/C=C/c1cc(Cl)cc(Cl)c1OCCSC(F)(F)F. The lowest BCUT2D eigenvalue weighted by Gasteiger charge is -2.12. The number of aliphatic carboxylic acids is 1. The molecule has 0 aliphatic rings. The zero-order valence-electron chi connectivity index (χ0n) is 10.3. The van der Waals surface area contributed by atoms with E-state index < -0.39 is 11.5 Å². The molecule has 0 saturated carbocycles. The van der Waals surface area contributed by atoms with Crippen LogP contribution in [-0.4, -0.2) is 28.9 Å². The van der Waals surface area contributed by atoms with E-state index >= 15 is 0 Å². The molecule has 0 amide bonds. The molecule has 0 aromatic heterocycles. The maximum Gasteiger partial charge on any atom is 0.441 e. The molecule has 1 aromatic carbocycles. The second-order valence-electron chi connectivity index (χ2n) is 3.62. The molecule has 0 atom stereocenters. The van der Waals surface area contributed by atoms with E-state index in [-0.39, 0.29) is 45.5 Å². The van der Waals surface area contributed by atoms with Crippen molar-refractivity contribution in [3.05, 3.63) is 33.8 Å². The van der Waals surface area contributed by atoms with Crippen LogP contribution in [0.5, 0.6) is 5.75 Å². The van der Waals surface area contributed by atoms with E-state index in [2.05, 4.69) is 0 Å². The number of benzene rings is 1. The molecule has 0 aliphatic carbocycles. The number of alkyl halides is 3. The number of carboxylic acids is 1. The van der Waals surface area contributed by atoms with E-state index in [1.165, 1.54) is 18.2 Å². The molecule has 0 bridgehead atoms. The maximum absolute atomic E-state index is 12.0. The molecule has 0 aliphatic heterocycles. The maximum atomic E-state index is 12.0. The largest absolute Gasteiger partial charge is 0.491 e. The van der Waals surface area contributed by atoms with Crippen molar-refractivity contribution < 1.29 is 27.8 Å². The van der Waals surface area contributed by atoms with Crippen molar-refractivity contribution in [2.45, 2.75) is 5.51 Å². The van der Waals surface area contributed by atoms with Crippen LogP contribution >= 0.6 is 35.0 Å². The highest BCUT2D eigenvalue weighted by atomic mass is 35.5. The molecule has 3 nitrogen and oxygen atoms in total. The van der Waals surface area contributed by atoms with Gasteiger partial charge in [-0.25, -0.2) is 4.79 Å². The third-order valence-electron chi connectivity index (χ3n) is 2.04. The second-order valence-corrected chi connectivity index (χ2v) is 5.62. The molecule has 0 saturated heterocycles. The lowest BCUT2D eigenvalue weighted by atomic mass is 10.2. The summed E-state index contributed by atoms with van der Waals surface area (Å²) in [5.41, 5.74) is -4.06. The zero-order valence-corrected chi connectivity index (χ0v) is 12.6. The van der Waals surface area contributed by atoms with Gasteiger partial charge in [0.15, 0.2) is 0 Å². The predicted molar refractivity (Wildman–Crippen MR) is 77.1 cm³/mol. The lowest BCUT2D eigenvalue weighted by Crippen LogP contribution is -2.08. The summed E-state index contributed by atoms with van der Waals surface area (Å²) in [4.78, 5) is 10.5. The lowest BCUT2D eigenvalue weighted by molar-refractivity contribution is -0.131. The van der Waals surface area contributed by atoms with Crippen molar-refractivity contribution in [2.75, 3.05) is 12.4 Å². The Morgan fingerprint density at radius 3 is 2.62 bits per heavy atom. The first-order valence-electron chi connectivity index (χ1n) is 5.42. The zero-order chi connectivity index (χ0) is 16.0. The Kier molecular flexibility index (Phi) is 6.70. The fourth-order valence-corrected chi connectivity index (χ4v) is 2.28. The summed E-state index contributed by atoms with van der Waals surface area (Å²) < 4.78 is 41.2. The molecule has 116 valence electrons. The molecule has 1 N–H and O–H groups in total. The molecule has 0 radical (unpaired) electrons. The summed E-state index contributed by atoms with van der Waals surface area (Å²) in [7, 11) is 0. The fraction of sp³-hybridized carbons (Fsp3) is 0.250. The average Bonchev–Trinajstić information content (AvgIpc) is 2.32. The van der Waals surface area contributed by atoms with Gasteiger partial charge in [0.25, 0.3) is 0 Å². The number of rotatable bonds is 6. The van der Waals surface area contributed by atoms with Crippen LogP contribution in [0.15, 0.2) is 18.2 Å². The van der Waals surface area contributed by atoms with Crippen molar-refractivity contribution in [1.82, 2.24) is 0 Å². The van der Waals surface area contributed by atoms with Crippen LogP contribution in [0.1, 0.15) is 5.56 Å². The van der Waals surface area contributed by atoms with E-state index in [4.69, 9.17) is 33.0 Å². The van der Waals surface area contributed by atoms with Crippen LogP contribution in [0.2, 0.25) is 10.0 Å². The molecule has 0 spiro atoms. The van der Waals surface area contributed by atoms with Gasteiger partial charge in [-0.1, -0.05) is 23.2 Å². The van der Waals surface area contributed by atoms with Crippen LogP contribution < -0.4 is 4.74 Å². The molecule has 0 heterocycles. The average molecular weight is 361 g/mol. The van der Waals surface area contributed by atoms with Gasteiger partial charge < -0.3 is 9.84 Å². The van der Waals surface area contributed by atoms with E-state index in [9.17, 15) is 18.0 Å². The first-order chi connectivity index (χ1) is 9.69. The molecular formula is C12H9Cl2F3O3S. The summed E-state index contributed by atoms with van der Waals surface area (Å²) in [6.45, 7) is -0.237. The number of hydrogen-bond donors (Lipinski definition) is 1. The monoisotopic (exact) mass is 360 g/mol. The number of halogens is 5. The van der Waals surface area contributed by atoms with Gasteiger partial charge in [-0.05, 0) is 30.0 Å². The minimum Gasteiger partial charge on any atom is -0.491 e. The molecule has 0 fully saturated rings. The van der Waals surface area contributed by atoms with Crippen LogP contribution in [-0.2, 0) is 4.79 Å². The highest BCUT2D eigenvalue weighted by Crippen LogP contribution is 2.34. The standard InChI is InChI=1S/C12H9Cl2F3O3S/c13-8-5-7(1-2-10(18)19)11(9(14)6-8)20-3-4-21-12(15,16)17/h1-2,5-6H,3-4H2,(H,18,19)/b2-1+. The van der Waals surface area contributed by atoms with E-state index in [1.54, 1.807) is 0 Å². The molecule has 1 aromatic rings. The summed E-state index contributed by atoms with van der Waals surface area (Å²) in [5.74, 6) is -1.42. The highest BCUT2D eigenvalue weighted by Gasteiger charge is 2.27. The first-order valence-corrected chi connectivity index (χ1v) is 7.17. The van der Waals surface area contributed by atoms with Gasteiger partial charge in [-0.3, -0.25) is 0 Å². The Labute approximate surface area is 132 Å². The van der Waals surface area contributed by atoms with Gasteiger partial charge in [-0.2, -0.15) is 13.2 Å². The van der Waals surface area contributed by atoms with Gasteiger partial charge in [0.05, 0.1) is 11.6 Å². The third kappa shape index (κ3) is 6.97. The number of hydrogen-bond acceptors (Lipinski definition) is 3. The van der Waals surface area contributed by atoms with Crippen molar-refractivity contribution in [3.8, 4) is 5.75 Å². The Bertz CT molecular complexity index is 547. The topological polar surface area (TPSA) is 46.5 Å². The molecule has 0 unspecified atom stereocenters. The Hall–Kier alpha value is -1.05. The van der Waals surface area contributed by atoms with Gasteiger partial charge in [0.2, 0.25) is 0 Å². The van der Waals surface area contributed by atoms with Gasteiger partial charge in [0, 0.05) is 22.4 Å². The summed E-state index contributed by atoms with van der Waals surface area (Å²) >= 11 is 11.5. The smallest absolute Gasteiger partial charge is 0.441 e. The van der Waals surface area contributed by atoms with E-state index in [0.717, 1.165) is 6.08 Å². The first kappa shape index (κ1) is 18.0. The Morgan fingerprint density at radius 1 is 1.38 bits per heavy atom. The number of carbonyl (C=O) groups is 1. The summed E-state index contributed by atoms with van der Waals surface area (Å²) in [6.07, 6.45) is 2.05. The fourth-order valence-electron chi connectivity index (χ4n) is 1.32. The van der Waals surface area contributed by atoms with Crippen LogP contribution in [0.4, 0.5) is 13.2 Å². The minimum atomic E-state index is -4.33. The molecular weight excluding hydrogens is 352 g/mol. The van der Waals surface area contributed by atoms with Crippen LogP contribution in [0, 0.1) is 0 Å². The van der Waals surface area contributed by atoms with Crippen molar-refractivity contribution in [2.24, 2.45) is 0 Å². The van der Waals surface area contributed by atoms with Gasteiger partial charge >= 0.3 is 11.5 Å². The number of thioether (sulfide) groups is 1. The van der Waals surface area contributed by atoms with Gasteiger partial charge in [-0.15, -0.1) is 0 Å². The molecule has 21 heavy (non-hydrogen) atoms. The summed E-state index contributed by atoms with van der Waals surface area (Å²) in [6, 6.07) is 2.76. The van der Waals surface area contributed by atoms with Crippen molar-refractivity contribution in [3.63, 3.8) is 0 Å². The predicted octanol–water partition coefficient (Wildman–Crippen LogP) is 4.72. The van der Waals surface area contributed by atoms with Crippen LogP contribution in [0.3, 0.4) is 0 Å². The molecule has 1 rings (SSSR count). The van der Waals surface area contributed by atoms with Gasteiger partial charge in [0.1, 0.15) is 5.75 Å². The Morgan fingerprint density at radius 2 is 2.05 bits per heavy atom. The Balaban J connectivity index is 2.82. The minimum absolute atomic E-state index is 0.0846. The molecule has 9 heteroatoms. The van der Waals surface area contributed by atoms with E-state index in [1.807, 2.05) is 0 Å². The van der Waals surface area contributed by atoms with E-state index in [0.29, 0.717) is 0 Å². The number of ether oxygens (including phenoxy) is 1. The number of carboxylic acid groups (broad SMARTS) is 1. The third-order valence-corrected chi connectivity index (χ3v) is 3.24.